The minimum atomic E-state index is -3.66. The Morgan fingerprint density at radius 3 is 2.43 bits per heavy atom. The summed E-state index contributed by atoms with van der Waals surface area (Å²) in [6, 6.07) is 1.96. The number of carboxylic acids is 2. The average Bonchev–Trinajstić information content (AvgIpc) is 2.62. The third-order valence-corrected chi connectivity index (χ3v) is 4.58. The number of nitrogens with one attached hydrogen (secondary N) is 1. The maximum absolute atomic E-state index is 14.6. The van der Waals surface area contributed by atoms with E-state index >= 15 is 0 Å². The first kappa shape index (κ1) is 25.6. The van der Waals surface area contributed by atoms with Crippen molar-refractivity contribution in [2.45, 2.75) is 18.9 Å². The first-order valence-corrected chi connectivity index (χ1v) is 11.0. The lowest BCUT2D eigenvalue weighted by atomic mass is 10.1. The number of nitrogens with zero attached hydrogens (tertiary/aromatic N) is 1. The van der Waals surface area contributed by atoms with Crippen molar-refractivity contribution in [3.05, 3.63) is 29.6 Å². The molecule has 0 aromatic heterocycles. The number of anilines is 1. The number of amides is 1. The fourth-order valence-corrected chi connectivity index (χ4v) is 3.01. The van der Waals surface area contributed by atoms with E-state index in [0.717, 1.165) is 12.3 Å². The zero-order valence-corrected chi connectivity index (χ0v) is 17.6. The zero-order valence-electron chi connectivity index (χ0n) is 16.0. The second kappa shape index (κ2) is 11.7. The van der Waals surface area contributed by atoms with Gasteiger partial charge in [-0.3, -0.25) is 13.8 Å². The Balaban J connectivity index is 2.92. The molecule has 0 saturated heterocycles. The summed E-state index contributed by atoms with van der Waals surface area (Å²) in [6.45, 7) is -0.0484. The van der Waals surface area contributed by atoms with Gasteiger partial charge in [-0.15, -0.1) is 11.6 Å². The Kier molecular flexibility index (Phi) is 9.96. The SMILES string of the molecule is CS(=O)(=O)OCCN(CCCl)c1ccc(C(=O)NC(CCC(=O)O)C(=O)O)cc1F. The van der Waals surface area contributed by atoms with Crippen molar-refractivity contribution in [3.8, 4) is 0 Å². The highest BCUT2D eigenvalue weighted by atomic mass is 35.5. The zero-order chi connectivity index (χ0) is 22.9. The van der Waals surface area contributed by atoms with Gasteiger partial charge in [0.2, 0.25) is 0 Å². The van der Waals surface area contributed by atoms with Gasteiger partial charge in [0.1, 0.15) is 11.9 Å². The molecular formula is C17H22ClFN2O8S. The summed E-state index contributed by atoms with van der Waals surface area (Å²) in [6.07, 6.45) is 0.0853. The second-order valence-corrected chi connectivity index (χ2v) is 8.19. The molecule has 0 aliphatic carbocycles. The largest absolute Gasteiger partial charge is 0.481 e. The summed E-state index contributed by atoms with van der Waals surface area (Å²) in [4.78, 5) is 35.4. The van der Waals surface area contributed by atoms with Gasteiger partial charge in [0.15, 0.2) is 0 Å². The summed E-state index contributed by atoms with van der Waals surface area (Å²) in [5, 5.41) is 19.9. The normalized spacial score (nSPS) is 12.2. The van der Waals surface area contributed by atoms with E-state index in [1.807, 2.05) is 0 Å². The number of rotatable bonds is 13. The average molecular weight is 469 g/mol. The predicted octanol–water partition coefficient (Wildman–Crippen LogP) is 0.895. The van der Waals surface area contributed by atoms with Crippen molar-refractivity contribution in [1.82, 2.24) is 5.32 Å². The van der Waals surface area contributed by atoms with E-state index in [1.54, 1.807) is 0 Å². The van der Waals surface area contributed by atoms with Crippen LogP contribution < -0.4 is 10.2 Å². The maximum atomic E-state index is 14.6. The number of carboxylic acid groups (broad SMARTS) is 2. The second-order valence-electron chi connectivity index (χ2n) is 6.17. The Morgan fingerprint density at radius 2 is 1.93 bits per heavy atom. The van der Waals surface area contributed by atoms with E-state index in [2.05, 4.69) is 9.50 Å². The Labute approximate surface area is 177 Å². The fraction of sp³-hybridized carbons (Fsp3) is 0.471. The molecule has 1 aromatic carbocycles. The third kappa shape index (κ3) is 8.93. The number of alkyl halides is 1. The molecule has 0 heterocycles. The summed E-state index contributed by atoms with van der Waals surface area (Å²) in [7, 11) is -3.66. The van der Waals surface area contributed by atoms with Crippen molar-refractivity contribution >= 4 is 45.3 Å². The molecule has 1 atom stereocenters. The molecule has 13 heteroatoms. The van der Waals surface area contributed by atoms with E-state index in [4.69, 9.17) is 21.8 Å². The highest BCUT2D eigenvalue weighted by molar-refractivity contribution is 7.85. The van der Waals surface area contributed by atoms with Crippen LogP contribution in [0.4, 0.5) is 10.1 Å². The number of carbonyl (C=O) groups excluding carboxylic acids is 1. The smallest absolute Gasteiger partial charge is 0.326 e. The summed E-state index contributed by atoms with van der Waals surface area (Å²) in [5.74, 6) is -4.22. The molecule has 1 unspecified atom stereocenters. The van der Waals surface area contributed by atoms with Crippen LogP contribution in [0.1, 0.15) is 23.2 Å². The number of hydrogen-bond donors (Lipinski definition) is 3. The fourth-order valence-electron chi connectivity index (χ4n) is 2.42. The lowest BCUT2D eigenvalue weighted by molar-refractivity contribution is -0.140. The van der Waals surface area contributed by atoms with Gasteiger partial charge in [-0.2, -0.15) is 8.42 Å². The van der Waals surface area contributed by atoms with Gasteiger partial charge in [0.25, 0.3) is 16.0 Å². The minimum absolute atomic E-state index is 0.0124. The van der Waals surface area contributed by atoms with Crippen LogP contribution in [0, 0.1) is 5.82 Å². The lowest BCUT2D eigenvalue weighted by Crippen LogP contribution is -2.41. The quantitative estimate of drug-likeness (QED) is 0.283. The first-order valence-electron chi connectivity index (χ1n) is 8.65. The van der Waals surface area contributed by atoms with Gasteiger partial charge < -0.3 is 20.4 Å². The predicted molar refractivity (Wildman–Crippen MR) is 106 cm³/mol. The van der Waals surface area contributed by atoms with Gasteiger partial charge in [0.05, 0.1) is 18.6 Å². The Morgan fingerprint density at radius 1 is 1.27 bits per heavy atom. The van der Waals surface area contributed by atoms with E-state index < -0.39 is 46.2 Å². The Hall–Kier alpha value is -2.44. The van der Waals surface area contributed by atoms with E-state index in [9.17, 15) is 27.2 Å². The van der Waals surface area contributed by atoms with Crippen LogP contribution in [-0.4, -0.2) is 74.4 Å². The van der Waals surface area contributed by atoms with Crippen LogP contribution in [-0.2, 0) is 23.9 Å². The number of halogens is 2. The van der Waals surface area contributed by atoms with Crippen LogP contribution in [0.2, 0.25) is 0 Å². The molecule has 1 rings (SSSR count). The summed E-state index contributed by atoms with van der Waals surface area (Å²) >= 11 is 5.70. The molecule has 0 spiro atoms. The topological polar surface area (TPSA) is 150 Å². The van der Waals surface area contributed by atoms with Crippen molar-refractivity contribution < 1.29 is 41.6 Å². The standard InChI is InChI=1S/C17H22ClFN2O8S/c1-30(27,28)29-9-8-21(7-6-18)14-4-2-11(10-12(14)19)16(24)20-13(17(25)26)3-5-15(22)23/h2,4,10,13H,3,5-9H2,1H3,(H,20,24)(H,22,23)(H,25,26). The molecule has 168 valence electrons. The molecule has 0 aliphatic rings. The van der Waals surface area contributed by atoms with Crippen LogP contribution >= 0.6 is 11.6 Å². The molecule has 0 bridgehead atoms. The van der Waals surface area contributed by atoms with Crippen LogP contribution in [0.25, 0.3) is 0 Å². The van der Waals surface area contributed by atoms with Crippen molar-refractivity contribution in [3.63, 3.8) is 0 Å². The molecule has 1 amide bonds. The highest BCUT2D eigenvalue weighted by Crippen LogP contribution is 2.21. The van der Waals surface area contributed by atoms with Gasteiger partial charge >= 0.3 is 11.9 Å². The molecule has 0 fully saturated rings. The monoisotopic (exact) mass is 468 g/mol. The van der Waals surface area contributed by atoms with Crippen molar-refractivity contribution in [2.24, 2.45) is 0 Å². The van der Waals surface area contributed by atoms with Gasteiger partial charge in [0, 0.05) is 31.0 Å². The number of benzene rings is 1. The molecule has 10 nitrogen and oxygen atoms in total. The van der Waals surface area contributed by atoms with E-state index in [1.165, 1.54) is 17.0 Å². The summed E-state index contributed by atoms with van der Waals surface area (Å²) in [5.41, 5.74) is -0.124. The van der Waals surface area contributed by atoms with Gasteiger partial charge in [-0.1, -0.05) is 0 Å². The Bertz CT molecular complexity index is 881. The molecule has 0 aliphatic heterocycles. The number of carbonyl (C=O) groups is 3. The van der Waals surface area contributed by atoms with Gasteiger partial charge in [-0.25, -0.2) is 9.18 Å². The lowest BCUT2D eigenvalue weighted by Gasteiger charge is -2.24. The molecule has 0 saturated carbocycles. The molecule has 30 heavy (non-hydrogen) atoms. The molecule has 1 aromatic rings. The van der Waals surface area contributed by atoms with E-state index in [0.29, 0.717) is 0 Å². The first-order chi connectivity index (χ1) is 13.9. The molecule has 3 N–H and O–H groups in total. The highest BCUT2D eigenvalue weighted by Gasteiger charge is 2.22. The van der Waals surface area contributed by atoms with Crippen molar-refractivity contribution in [2.75, 3.05) is 36.7 Å². The van der Waals surface area contributed by atoms with Crippen molar-refractivity contribution in [1.29, 1.82) is 0 Å². The molecular weight excluding hydrogens is 447 g/mol. The number of aliphatic carboxylic acids is 2. The van der Waals surface area contributed by atoms with E-state index in [-0.39, 0.29) is 43.2 Å². The van der Waals surface area contributed by atoms with Crippen LogP contribution in [0.15, 0.2) is 18.2 Å². The molecule has 0 radical (unpaired) electrons. The summed E-state index contributed by atoms with van der Waals surface area (Å²) < 4.78 is 41.3. The number of hydrogen-bond acceptors (Lipinski definition) is 7. The third-order valence-electron chi connectivity index (χ3n) is 3.81. The van der Waals surface area contributed by atoms with Crippen LogP contribution in [0.5, 0.6) is 0 Å². The van der Waals surface area contributed by atoms with Gasteiger partial charge in [-0.05, 0) is 24.6 Å². The minimum Gasteiger partial charge on any atom is -0.481 e. The van der Waals surface area contributed by atoms with Crippen LogP contribution in [0.3, 0.4) is 0 Å². The maximum Gasteiger partial charge on any atom is 0.326 e.